The van der Waals surface area contributed by atoms with Crippen molar-refractivity contribution >= 4 is 5.91 Å². The number of carbonyl (C=O) groups excluding carboxylic acids is 1. The third kappa shape index (κ3) is 3.66. The Bertz CT molecular complexity index is 245. The number of nitrogens with one attached hydrogen (secondary N) is 2. The molecule has 0 saturated heterocycles. The Labute approximate surface area is 76.3 Å². The summed E-state index contributed by atoms with van der Waals surface area (Å²) in [5.74, 6) is -0.0152. The smallest absolute Gasteiger partial charge is 0.233 e. The van der Waals surface area contributed by atoms with Crippen molar-refractivity contribution in [3.63, 3.8) is 0 Å². The molecule has 1 rings (SSSR count). The van der Waals surface area contributed by atoms with Crippen molar-refractivity contribution < 1.29 is 4.79 Å². The van der Waals surface area contributed by atoms with E-state index in [0.29, 0.717) is 13.1 Å². The van der Waals surface area contributed by atoms with Crippen LogP contribution >= 0.6 is 0 Å². The van der Waals surface area contributed by atoms with Crippen molar-refractivity contribution in [2.75, 3.05) is 20.1 Å². The monoisotopic (exact) mass is 183 g/mol. The fourth-order valence-electron chi connectivity index (χ4n) is 0.836. The third-order valence-corrected chi connectivity index (χ3v) is 1.55. The van der Waals surface area contributed by atoms with Crippen molar-refractivity contribution in [2.45, 2.75) is 6.54 Å². The number of hydrogen-bond acceptors (Lipinski definition) is 4. The number of rotatable bonds is 5. The number of likely N-dealkylation sites (N-methyl/N-ethyl adjacent to an activating group) is 1. The highest BCUT2D eigenvalue weighted by Gasteiger charge is 1.95. The van der Waals surface area contributed by atoms with Gasteiger partial charge in [0, 0.05) is 19.8 Å². The van der Waals surface area contributed by atoms with Crippen molar-refractivity contribution in [3.8, 4) is 0 Å². The summed E-state index contributed by atoms with van der Waals surface area (Å²) < 4.78 is 1.71. The number of aromatic nitrogens is 3. The minimum atomic E-state index is -0.0152. The summed E-state index contributed by atoms with van der Waals surface area (Å²) in [6.07, 6.45) is 3.40. The molecule has 0 radical (unpaired) electrons. The van der Waals surface area contributed by atoms with Crippen LogP contribution in [0.3, 0.4) is 0 Å². The Morgan fingerprint density at radius 1 is 1.62 bits per heavy atom. The molecule has 0 aliphatic carbocycles. The van der Waals surface area contributed by atoms with Gasteiger partial charge in [-0.05, 0) is 0 Å². The quantitative estimate of drug-likeness (QED) is 0.551. The number of hydrogen-bond donors (Lipinski definition) is 2. The van der Waals surface area contributed by atoms with Crippen LogP contribution in [0.2, 0.25) is 0 Å². The van der Waals surface area contributed by atoms with E-state index in [1.54, 1.807) is 24.1 Å². The van der Waals surface area contributed by atoms with Crippen LogP contribution in [0.25, 0.3) is 0 Å². The summed E-state index contributed by atoms with van der Waals surface area (Å²) in [4.78, 5) is 10.8. The first-order valence-corrected chi connectivity index (χ1v) is 4.08. The molecule has 13 heavy (non-hydrogen) atoms. The molecule has 0 spiro atoms. The SMILES string of the molecule is CNC(=O)CNCCn1ccnn1. The van der Waals surface area contributed by atoms with Gasteiger partial charge in [0.15, 0.2) is 0 Å². The predicted molar refractivity (Wildman–Crippen MR) is 47.0 cm³/mol. The van der Waals surface area contributed by atoms with E-state index in [1.165, 1.54) is 0 Å². The largest absolute Gasteiger partial charge is 0.358 e. The lowest BCUT2D eigenvalue weighted by Crippen LogP contribution is -2.33. The zero-order valence-electron chi connectivity index (χ0n) is 7.53. The van der Waals surface area contributed by atoms with Crippen LogP contribution in [0.15, 0.2) is 12.4 Å². The summed E-state index contributed by atoms with van der Waals surface area (Å²) in [5, 5.41) is 12.9. The fraction of sp³-hybridized carbons (Fsp3) is 0.571. The molecule has 0 fully saturated rings. The highest BCUT2D eigenvalue weighted by atomic mass is 16.1. The Morgan fingerprint density at radius 2 is 2.46 bits per heavy atom. The summed E-state index contributed by atoms with van der Waals surface area (Å²) in [6, 6.07) is 0. The first-order chi connectivity index (χ1) is 6.33. The van der Waals surface area contributed by atoms with E-state index >= 15 is 0 Å². The van der Waals surface area contributed by atoms with E-state index in [0.717, 1.165) is 6.54 Å². The van der Waals surface area contributed by atoms with Crippen LogP contribution < -0.4 is 10.6 Å². The zero-order valence-corrected chi connectivity index (χ0v) is 7.53. The van der Waals surface area contributed by atoms with E-state index in [2.05, 4.69) is 20.9 Å². The van der Waals surface area contributed by atoms with E-state index in [-0.39, 0.29) is 5.91 Å². The molecule has 1 aromatic heterocycles. The van der Waals surface area contributed by atoms with Gasteiger partial charge in [0.25, 0.3) is 0 Å². The summed E-state index contributed by atoms with van der Waals surface area (Å²) in [5.41, 5.74) is 0. The van der Waals surface area contributed by atoms with Crippen molar-refractivity contribution in [1.82, 2.24) is 25.6 Å². The fourth-order valence-corrected chi connectivity index (χ4v) is 0.836. The summed E-state index contributed by atoms with van der Waals surface area (Å²) >= 11 is 0. The molecular formula is C7H13N5O. The number of carbonyl (C=O) groups is 1. The van der Waals surface area contributed by atoms with Gasteiger partial charge in [-0.2, -0.15) is 0 Å². The van der Waals surface area contributed by atoms with Crippen LogP contribution in [0.1, 0.15) is 0 Å². The van der Waals surface area contributed by atoms with Gasteiger partial charge in [-0.15, -0.1) is 5.10 Å². The first-order valence-electron chi connectivity index (χ1n) is 4.08. The van der Waals surface area contributed by atoms with E-state index in [4.69, 9.17) is 0 Å². The second-order valence-electron chi connectivity index (χ2n) is 2.52. The number of amides is 1. The summed E-state index contributed by atoms with van der Waals surface area (Å²) in [7, 11) is 1.61. The van der Waals surface area contributed by atoms with Gasteiger partial charge in [-0.1, -0.05) is 5.21 Å². The molecule has 1 amide bonds. The highest BCUT2D eigenvalue weighted by molar-refractivity contribution is 5.77. The molecule has 0 aliphatic rings. The maximum absolute atomic E-state index is 10.8. The molecule has 0 saturated carbocycles. The molecule has 0 atom stereocenters. The molecule has 72 valence electrons. The number of nitrogens with zero attached hydrogens (tertiary/aromatic N) is 3. The predicted octanol–water partition coefficient (Wildman–Crippen LogP) is -1.39. The molecule has 6 nitrogen and oxygen atoms in total. The Balaban J connectivity index is 2.05. The molecule has 0 bridgehead atoms. The Hall–Kier alpha value is -1.43. The van der Waals surface area contributed by atoms with Gasteiger partial charge >= 0.3 is 0 Å². The zero-order chi connectivity index (χ0) is 9.52. The Morgan fingerprint density at radius 3 is 3.08 bits per heavy atom. The molecule has 1 heterocycles. The topological polar surface area (TPSA) is 71.8 Å². The molecular weight excluding hydrogens is 170 g/mol. The minimum absolute atomic E-state index is 0.0152. The van der Waals surface area contributed by atoms with E-state index in [1.807, 2.05) is 0 Å². The first kappa shape index (κ1) is 9.66. The summed E-state index contributed by atoms with van der Waals surface area (Å²) in [6.45, 7) is 1.76. The minimum Gasteiger partial charge on any atom is -0.358 e. The lowest BCUT2D eigenvalue weighted by atomic mass is 10.5. The lowest BCUT2D eigenvalue weighted by Gasteiger charge is -2.02. The van der Waals surface area contributed by atoms with Crippen LogP contribution in [-0.2, 0) is 11.3 Å². The maximum atomic E-state index is 10.8. The second kappa shape index (κ2) is 5.26. The average Bonchev–Trinajstić information content (AvgIpc) is 2.64. The lowest BCUT2D eigenvalue weighted by molar-refractivity contribution is -0.119. The third-order valence-electron chi connectivity index (χ3n) is 1.55. The van der Waals surface area contributed by atoms with E-state index in [9.17, 15) is 4.79 Å². The molecule has 1 aromatic rings. The van der Waals surface area contributed by atoms with Crippen LogP contribution in [-0.4, -0.2) is 41.0 Å². The molecule has 0 aliphatic heterocycles. The van der Waals surface area contributed by atoms with Crippen molar-refractivity contribution in [2.24, 2.45) is 0 Å². The molecule has 6 heteroatoms. The second-order valence-corrected chi connectivity index (χ2v) is 2.52. The van der Waals surface area contributed by atoms with E-state index < -0.39 is 0 Å². The van der Waals surface area contributed by atoms with Crippen LogP contribution in [0, 0.1) is 0 Å². The van der Waals surface area contributed by atoms with Crippen molar-refractivity contribution in [1.29, 1.82) is 0 Å². The van der Waals surface area contributed by atoms with Gasteiger partial charge in [0.05, 0.1) is 19.3 Å². The van der Waals surface area contributed by atoms with Gasteiger partial charge < -0.3 is 10.6 Å². The Kier molecular flexibility index (Phi) is 3.90. The van der Waals surface area contributed by atoms with Gasteiger partial charge in [0.2, 0.25) is 5.91 Å². The van der Waals surface area contributed by atoms with Crippen molar-refractivity contribution in [3.05, 3.63) is 12.4 Å². The molecule has 0 aromatic carbocycles. The molecule has 0 unspecified atom stereocenters. The van der Waals surface area contributed by atoms with Gasteiger partial charge in [0.1, 0.15) is 0 Å². The maximum Gasteiger partial charge on any atom is 0.233 e. The van der Waals surface area contributed by atoms with Gasteiger partial charge in [-0.25, -0.2) is 0 Å². The standard InChI is InChI=1S/C7H13N5O/c1-8-7(13)6-9-2-4-12-5-3-10-11-12/h3,5,9H,2,4,6H2,1H3,(H,8,13). The van der Waals surface area contributed by atoms with Gasteiger partial charge in [-0.3, -0.25) is 9.48 Å². The molecule has 2 N–H and O–H groups in total. The average molecular weight is 183 g/mol. The normalized spacial score (nSPS) is 9.92. The van der Waals surface area contributed by atoms with Crippen LogP contribution in [0.4, 0.5) is 0 Å². The van der Waals surface area contributed by atoms with Crippen LogP contribution in [0.5, 0.6) is 0 Å². The highest BCUT2D eigenvalue weighted by Crippen LogP contribution is 1.78.